The molecule has 4 nitrogen and oxygen atoms in total. The van der Waals surface area contributed by atoms with Crippen molar-refractivity contribution in [3.63, 3.8) is 0 Å². The molecule has 2 heterocycles. The fraction of sp³-hybridized carbons (Fsp3) is 0.636. The Hall–Kier alpha value is -1.32. The molecule has 0 amide bonds. The molecule has 15 heavy (non-hydrogen) atoms. The summed E-state index contributed by atoms with van der Waals surface area (Å²) in [4.78, 5) is 15.6. The van der Waals surface area contributed by atoms with Gasteiger partial charge in [-0.25, -0.2) is 4.98 Å². The summed E-state index contributed by atoms with van der Waals surface area (Å²) in [5.41, 5.74) is -0.491. The third kappa shape index (κ3) is 1.89. The maximum Gasteiger partial charge on any atom is 0.309 e. The van der Waals surface area contributed by atoms with Gasteiger partial charge in [-0.05, 0) is 12.8 Å². The number of aromatic nitrogens is 2. The summed E-state index contributed by atoms with van der Waals surface area (Å²) in [6.45, 7) is -8.21. The van der Waals surface area contributed by atoms with E-state index < -0.39 is 56.7 Å². The third-order valence-electron chi connectivity index (χ3n) is 2.15. The van der Waals surface area contributed by atoms with E-state index in [0.717, 1.165) is 12.5 Å². The summed E-state index contributed by atoms with van der Waals surface area (Å²) in [6.07, 6.45) is -1.74. The summed E-state index contributed by atoms with van der Waals surface area (Å²) in [5, 5.41) is 0. The number of imidazole rings is 1. The van der Waals surface area contributed by atoms with E-state index in [-0.39, 0.29) is 0 Å². The number of aryl methyl sites for hydroxylation is 1. The minimum Gasteiger partial charge on any atom is -0.465 e. The molecular weight excluding hydrogens is 192 g/mol. The van der Waals surface area contributed by atoms with Gasteiger partial charge in [-0.2, -0.15) is 0 Å². The lowest BCUT2D eigenvalue weighted by Crippen LogP contribution is -2.18. The summed E-state index contributed by atoms with van der Waals surface area (Å²) >= 11 is 0. The average molecular weight is 218 g/mol. The van der Waals surface area contributed by atoms with Gasteiger partial charge in [-0.15, -0.1) is 0 Å². The molecule has 0 aliphatic carbocycles. The Labute approximate surface area is 103 Å². The van der Waals surface area contributed by atoms with Crippen molar-refractivity contribution in [2.45, 2.75) is 19.6 Å². The normalized spacial score (nSPS) is 41.5. The highest BCUT2D eigenvalue weighted by molar-refractivity contribution is 5.74. The highest BCUT2D eigenvalue weighted by atomic mass is 16.5. The number of esters is 1. The molecule has 2 atom stereocenters. The predicted octanol–water partition coefficient (Wildman–Crippen LogP) is 1.16. The van der Waals surface area contributed by atoms with Crippen LogP contribution in [0.4, 0.5) is 0 Å². The van der Waals surface area contributed by atoms with Gasteiger partial charge in [0.25, 0.3) is 0 Å². The minimum absolute atomic E-state index is 0.491. The minimum atomic E-state index is -2.81. The van der Waals surface area contributed by atoms with Gasteiger partial charge in [0.05, 0.1) is 21.5 Å². The zero-order valence-electron chi connectivity index (χ0n) is 17.7. The first-order valence-electron chi connectivity index (χ1n) is 9.33. The van der Waals surface area contributed by atoms with E-state index in [1.165, 1.54) is 0 Å². The van der Waals surface area contributed by atoms with Crippen LogP contribution in [0.15, 0.2) is 12.5 Å². The topological polar surface area (TPSA) is 44.1 Å². The molecule has 0 N–H and O–H groups in total. The van der Waals surface area contributed by atoms with Crippen LogP contribution in [-0.2, 0) is 22.9 Å². The quantitative estimate of drug-likeness (QED) is 0.715. The molecule has 1 aromatic rings. The van der Waals surface area contributed by atoms with Gasteiger partial charge in [-0.3, -0.25) is 4.79 Å². The number of rotatable bonds is 3. The first kappa shape index (κ1) is 3.61. The number of cyclic esters (lactones) is 1. The van der Waals surface area contributed by atoms with Crippen molar-refractivity contribution < 1.29 is 23.2 Å². The fourth-order valence-electron chi connectivity index (χ4n) is 1.31. The molecule has 0 bridgehead atoms. The van der Waals surface area contributed by atoms with Crippen molar-refractivity contribution >= 4 is 5.97 Å². The van der Waals surface area contributed by atoms with Crippen LogP contribution in [0.3, 0.4) is 0 Å². The molecule has 1 aliphatic heterocycles. The van der Waals surface area contributed by atoms with Crippen LogP contribution in [0.5, 0.6) is 0 Å². The van der Waals surface area contributed by atoms with Gasteiger partial charge in [0.2, 0.25) is 0 Å². The van der Waals surface area contributed by atoms with Gasteiger partial charge in [0, 0.05) is 35.8 Å². The summed E-state index contributed by atoms with van der Waals surface area (Å²) in [7, 11) is 0. The second-order valence-corrected chi connectivity index (χ2v) is 3.12. The number of hydrogen-bond acceptors (Lipinski definition) is 3. The standard InChI is InChI=1S/C11H16N2O2/c1-3-10-8(6-15-11(10)14)4-9-5-12-7-13(9)2/h5,7-8,10H,3-4,6H2,1-2H3/t8-,10-/m0/s1/i1D3,2D3,4D2,6D2. The zero-order valence-corrected chi connectivity index (χ0v) is 7.73. The average Bonchev–Trinajstić information content (AvgIpc) is 2.90. The maximum atomic E-state index is 12.0. The lowest BCUT2D eigenvalue weighted by atomic mass is 9.89. The highest BCUT2D eigenvalue weighted by Gasteiger charge is 2.35. The SMILES string of the molecule is [2H]C([2H])([2H])C[C@@H]1C(=O)OC([2H])([2H])[C@@H]1C([2H])([2H])c1cncn1C([2H])([2H])[2H]. The molecule has 1 saturated heterocycles. The molecule has 0 unspecified atom stereocenters. The molecular formula is C11H16N2O2. The Balaban J connectivity index is 2.55. The molecule has 0 saturated carbocycles. The number of carbonyl (C=O) groups excluding carboxylic acids is 1. The second kappa shape index (κ2) is 4.04. The van der Waals surface area contributed by atoms with E-state index in [9.17, 15) is 4.79 Å². The molecule has 1 fully saturated rings. The summed E-state index contributed by atoms with van der Waals surface area (Å²) < 4.78 is 81.5. The molecule has 0 spiro atoms. The van der Waals surface area contributed by atoms with Crippen LogP contribution in [0.1, 0.15) is 32.7 Å². The first-order valence-corrected chi connectivity index (χ1v) is 4.33. The Morgan fingerprint density at radius 2 is 2.87 bits per heavy atom. The number of carbonyl (C=O) groups is 1. The van der Waals surface area contributed by atoms with E-state index in [0.29, 0.717) is 4.57 Å². The summed E-state index contributed by atoms with van der Waals surface area (Å²) in [5.74, 6) is -4.63. The van der Waals surface area contributed by atoms with Gasteiger partial charge >= 0.3 is 5.97 Å². The van der Waals surface area contributed by atoms with E-state index in [2.05, 4.69) is 9.72 Å². The van der Waals surface area contributed by atoms with Crippen LogP contribution >= 0.6 is 0 Å². The largest absolute Gasteiger partial charge is 0.465 e. The lowest BCUT2D eigenvalue weighted by Gasteiger charge is -2.12. The molecule has 82 valence electrons. The molecule has 0 aromatic carbocycles. The fourth-order valence-corrected chi connectivity index (χ4v) is 1.31. The molecule has 0 radical (unpaired) electrons. The third-order valence-corrected chi connectivity index (χ3v) is 2.15. The van der Waals surface area contributed by atoms with Crippen LogP contribution in [0, 0.1) is 11.8 Å². The van der Waals surface area contributed by atoms with Crippen molar-refractivity contribution in [2.75, 3.05) is 6.56 Å². The van der Waals surface area contributed by atoms with Crippen molar-refractivity contribution in [2.24, 2.45) is 18.8 Å². The first-order chi connectivity index (χ1) is 11.1. The van der Waals surface area contributed by atoms with E-state index in [1.807, 2.05) is 0 Å². The number of ether oxygens (including phenoxy) is 1. The lowest BCUT2D eigenvalue weighted by molar-refractivity contribution is -0.141. The van der Waals surface area contributed by atoms with Crippen LogP contribution in [-0.4, -0.2) is 22.1 Å². The van der Waals surface area contributed by atoms with Crippen molar-refractivity contribution in [1.82, 2.24) is 9.55 Å². The highest BCUT2D eigenvalue weighted by Crippen LogP contribution is 2.27. The monoisotopic (exact) mass is 218 g/mol. The summed E-state index contributed by atoms with van der Waals surface area (Å²) in [6, 6.07) is 0. The van der Waals surface area contributed by atoms with Gasteiger partial charge < -0.3 is 9.30 Å². The van der Waals surface area contributed by atoms with Gasteiger partial charge in [0.1, 0.15) is 0 Å². The zero-order chi connectivity index (χ0) is 19.4. The second-order valence-electron chi connectivity index (χ2n) is 3.12. The Morgan fingerprint density at radius 3 is 3.67 bits per heavy atom. The number of hydrogen-bond donors (Lipinski definition) is 0. The van der Waals surface area contributed by atoms with Crippen LogP contribution < -0.4 is 0 Å². The molecule has 1 aromatic heterocycles. The molecule has 1 aliphatic rings. The Morgan fingerprint density at radius 1 is 1.93 bits per heavy atom. The Bertz CT molecular complexity index is 663. The number of nitrogens with zero attached hydrogens (tertiary/aromatic N) is 2. The molecule has 2 rings (SSSR count). The van der Waals surface area contributed by atoms with Crippen LogP contribution in [0.25, 0.3) is 0 Å². The smallest absolute Gasteiger partial charge is 0.309 e. The van der Waals surface area contributed by atoms with E-state index >= 15 is 0 Å². The van der Waals surface area contributed by atoms with Crippen LogP contribution in [0.2, 0.25) is 0 Å². The van der Waals surface area contributed by atoms with Crippen molar-refractivity contribution in [3.8, 4) is 0 Å². The predicted molar refractivity (Wildman–Crippen MR) is 55.1 cm³/mol. The Kier molecular flexibility index (Phi) is 0.974. The van der Waals surface area contributed by atoms with Gasteiger partial charge in [-0.1, -0.05) is 6.85 Å². The van der Waals surface area contributed by atoms with E-state index in [1.54, 1.807) is 0 Å². The van der Waals surface area contributed by atoms with E-state index in [4.69, 9.17) is 13.7 Å². The molecule has 4 heteroatoms. The van der Waals surface area contributed by atoms with Crippen molar-refractivity contribution in [3.05, 3.63) is 18.2 Å². The van der Waals surface area contributed by atoms with Crippen molar-refractivity contribution in [1.29, 1.82) is 0 Å². The van der Waals surface area contributed by atoms with Gasteiger partial charge in [0.15, 0.2) is 0 Å². The maximum absolute atomic E-state index is 12.0.